The van der Waals surface area contributed by atoms with Crippen molar-refractivity contribution in [3.63, 3.8) is 0 Å². The second-order valence-electron chi connectivity index (χ2n) is 6.59. The number of carbonyl (C=O) groups excluding carboxylic acids is 3. The molecule has 0 aliphatic carbocycles. The van der Waals surface area contributed by atoms with Crippen molar-refractivity contribution in [1.82, 2.24) is 14.9 Å². The van der Waals surface area contributed by atoms with Crippen molar-refractivity contribution in [3.8, 4) is 0 Å². The van der Waals surface area contributed by atoms with E-state index in [0.29, 0.717) is 19.3 Å². The second-order valence-corrected chi connectivity index (χ2v) is 8.48. The maximum absolute atomic E-state index is 13.0. The molecule has 1 aromatic carbocycles. The predicted octanol–water partition coefficient (Wildman–Crippen LogP) is 0.926. The zero-order chi connectivity index (χ0) is 20.9. The molecule has 2 rings (SSSR count). The van der Waals surface area contributed by atoms with Crippen LogP contribution >= 0.6 is 0 Å². The number of sulfonamides is 1. The summed E-state index contributed by atoms with van der Waals surface area (Å²) in [5.41, 5.74) is 0.921. The molecule has 1 aliphatic rings. The Kier molecular flexibility index (Phi) is 7.14. The lowest BCUT2D eigenvalue weighted by molar-refractivity contribution is -0.159. The normalized spacial score (nSPS) is 18.8. The number of carbonyl (C=O) groups is 3. The Morgan fingerprint density at radius 3 is 2.43 bits per heavy atom. The topological polar surface area (TPSA) is 122 Å². The summed E-state index contributed by atoms with van der Waals surface area (Å²) in [5.74, 6) is -1.61. The van der Waals surface area contributed by atoms with Crippen molar-refractivity contribution in [1.29, 1.82) is 0 Å². The van der Waals surface area contributed by atoms with Crippen molar-refractivity contribution in [3.05, 3.63) is 29.8 Å². The number of nitrogens with one attached hydrogen (secondary N) is 2. The summed E-state index contributed by atoms with van der Waals surface area (Å²) in [6.45, 7) is 3.36. The van der Waals surface area contributed by atoms with E-state index in [9.17, 15) is 22.8 Å². The maximum Gasteiger partial charge on any atom is 0.325 e. The molecular formula is C18H25N3O6S. The number of benzene rings is 1. The summed E-state index contributed by atoms with van der Waals surface area (Å²) < 4.78 is 32.3. The fourth-order valence-electron chi connectivity index (χ4n) is 2.86. The van der Waals surface area contributed by atoms with E-state index >= 15 is 0 Å². The molecule has 1 aliphatic heterocycles. The first kappa shape index (κ1) is 21.8. The minimum absolute atomic E-state index is 0.100. The molecule has 2 N–H and O–H groups in total. The Hall–Kier alpha value is -2.46. The molecule has 9 nitrogen and oxygen atoms in total. The maximum atomic E-state index is 13.0. The molecule has 0 saturated carbocycles. The Balaban J connectivity index is 2.15. The number of ether oxygens (including phenoxy) is 1. The van der Waals surface area contributed by atoms with Gasteiger partial charge >= 0.3 is 12.0 Å². The van der Waals surface area contributed by atoms with Gasteiger partial charge in [-0.3, -0.25) is 14.9 Å². The number of piperidine rings is 1. The molecule has 10 heteroatoms. The fourth-order valence-corrected chi connectivity index (χ4v) is 4.50. The van der Waals surface area contributed by atoms with Crippen LogP contribution in [0.15, 0.2) is 29.2 Å². The van der Waals surface area contributed by atoms with E-state index in [1.165, 1.54) is 26.1 Å². The minimum atomic E-state index is -3.88. The molecule has 28 heavy (non-hydrogen) atoms. The number of hydrogen-bond donors (Lipinski definition) is 2. The largest absolute Gasteiger partial charge is 0.451 e. The van der Waals surface area contributed by atoms with Crippen molar-refractivity contribution < 1.29 is 27.5 Å². The molecule has 2 atom stereocenters. The van der Waals surface area contributed by atoms with E-state index in [0.717, 1.165) is 9.87 Å². The molecule has 1 aromatic rings. The Morgan fingerprint density at radius 1 is 1.18 bits per heavy atom. The van der Waals surface area contributed by atoms with Crippen molar-refractivity contribution in [2.24, 2.45) is 0 Å². The van der Waals surface area contributed by atoms with Gasteiger partial charge in [-0.05, 0) is 45.2 Å². The van der Waals surface area contributed by atoms with Crippen molar-refractivity contribution in [2.75, 3.05) is 13.6 Å². The molecule has 1 heterocycles. The number of esters is 1. The Bertz CT molecular complexity index is 837. The van der Waals surface area contributed by atoms with Crippen molar-refractivity contribution >= 4 is 27.9 Å². The highest BCUT2D eigenvalue weighted by molar-refractivity contribution is 7.89. The fraction of sp³-hybridized carbons (Fsp3) is 0.500. The van der Waals surface area contributed by atoms with Gasteiger partial charge in [0.1, 0.15) is 6.04 Å². The van der Waals surface area contributed by atoms with E-state index in [1.54, 1.807) is 12.1 Å². The molecule has 0 unspecified atom stereocenters. The van der Waals surface area contributed by atoms with Crippen LogP contribution in [-0.4, -0.2) is 56.4 Å². The number of hydrogen-bond acceptors (Lipinski definition) is 6. The average Bonchev–Trinajstić information content (AvgIpc) is 2.68. The molecule has 0 spiro atoms. The van der Waals surface area contributed by atoms with Crippen LogP contribution in [0.1, 0.15) is 31.7 Å². The van der Waals surface area contributed by atoms with Gasteiger partial charge in [0.25, 0.3) is 5.91 Å². The Morgan fingerprint density at radius 2 is 1.82 bits per heavy atom. The van der Waals surface area contributed by atoms with Gasteiger partial charge in [-0.25, -0.2) is 13.2 Å². The minimum Gasteiger partial charge on any atom is -0.451 e. The quantitative estimate of drug-likeness (QED) is 0.695. The monoisotopic (exact) mass is 411 g/mol. The molecule has 1 saturated heterocycles. The van der Waals surface area contributed by atoms with E-state index in [4.69, 9.17) is 4.74 Å². The van der Waals surface area contributed by atoms with Crippen LogP contribution in [0.4, 0.5) is 4.79 Å². The summed E-state index contributed by atoms with van der Waals surface area (Å²) in [5, 5.41) is 4.23. The molecule has 3 amide bonds. The van der Waals surface area contributed by atoms with Crippen LogP contribution in [-0.2, 0) is 24.3 Å². The van der Waals surface area contributed by atoms with Gasteiger partial charge in [0.05, 0.1) is 4.90 Å². The highest BCUT2D eigenvalue weighted by Crippen LogP contribution is 2.26. The third-order valence-electron chi connectivity index (χ3n) is 4.48. The number of imide groups is 1. The van der Waals surface area contributed by atoms with Crippen LogP contribution < -0.4 is 10.6 Å². The zero-order valence-electron chi connectivity index (χ0n) is 16.1. The van der Waals surface area contributed by atoms with Gasteiger partial charge in [0, 0.05) is 13.6 Å². The summed E-state index contributed by atoms with van der Waals surface area (Å²) in [7, 11) is -2.54. The highest BCUT2D eigenvalue weighted by atomic mass is 32.2. The van der Waals surface area contributed by atoms with Gasteiger partial charge < -0.3 is 10.1 Å². The van der Waals surface area contributed by atoms with Gasteiger partial charge in [-0.2, -0.15) is 4.31 Å². The molecule has 0 bridgehead atoms. The second kappa shape index (κ2) is 9.16. The summed E-state index contributed by atoms with van der Waals surface area (Å²) in [6.07, 6.45) is 0.351. The Labute approximate surface area is 164 Å². The first-order chi connectivity index (χ1) is 13.2. The third-order valence-corrected chi connectivity index (χ3v) is 6.40. The van der Waals surface area contributed by atoms with Crippen molar-refractivity contribution in [2.45, 2.75) is 50.2 Å². The van der Waals surface area contributed by atoms with E-state index < -0.39 is 40.1 Å². The van der Waals surface area contributed by atoms with Crippen LogP contribution in [0.2, 0.25) is 0 Å². The van der Waals surface area contributed by atoms with Crippen LogP contribution in [0.25, 0.3) is 0 Å². The highest BCUT2D eigenvalue weighted by Gasteiger charge is 2.39. The first-order valence-electron chi connectivity index (χ1n) is 8.98. The summed E-state index contributed by atoms with van der Waals surface area (Å²) >= 11 is 0. The van der Waals surface area contributed by atoms with Gasteiger partial charge in [0.15, 0.2) is 6.10 Å². The predicted molar refractivity (Wildman–Crippen MR) is 101 cm³/mol. The lowest BCUT2D eigenvalue weighted by Crippen LogP contribution is -2.50. The first-order valence-corrected chi connectivity index (χ1v) is 10.4. The van der Waals surface area contributed by atoms with E-state index in [1.807, 2.05) is 12.2 Å². The molecule has 0 aromatic heterocycles. The van der Waals surface area contributed by atoms with Crippen LogP contribution in [0, 0.1) is 6.92 Å². The lowest BCUT2D eigenvalue weighted by Gasteiger charge is -2.33. The van der Waals surface area contributed by atoms with E-state index in [-0.39, 0.29) is 11.4 Å². The van der Waals surface area contributed by atoms with Gasteiger partial charge in [0.2, 0.25) is 10.0 Å². The third kappa shape index (κ3) is 5.08. The summed E-state index contributed by atoms with van der Waals surface area (Å²) in [6, 6.07) is 4.64. The molecular weight excluding hydrogens is 386 g/mol. The molecule has 0 radical (unpaired) electrons. The van der Waals surface area contributed by atoms with Crippen LogP contribution in [0.3, 0.4) is 0 Å². The zero-order valence-corrected chi connectivity index (χ0v) is 16.9. The standard InChI is InChI=1S/C18H25N3O6S/c1-12-7-9-14(10-8-12)28(25,26)21-11-5-4-6-15(21)17(23)27-13(2)16(22)20-18(24)19-3/h7-10,13,15H,4-6,11H2,1-3H3,(H2,19,20,22,24)/t13-,15-/m0/s1. The van der Waals surface area contributed by atoms with Gasteiger partial charge in [-0.15, -0.1) is 0 Å². The number of amides is 3. The number of aryl methyl sites for hydroxylation is 1. The molecule has 154 valence electrons. The van der Waals surface area contributed by atoms with E-state index in [2.05, 4.69) is 5.32 Å². The number of urea groups is 1. The number of nitrogens with zero attached hydrogens (tertiary/aromatic N) is 1. The molecule has 1 fully saturated rings. The van der Waals surface area contributed by atoms with Gasteiger partial charge in [-0.1, -0.05) is 17.7 Å². The smallest absolute Gasteiger partial charge is 0.325 e. The number of rotatable bonds is 5. The van der Waals surface area contributed by atoms with Crippen LogP contribution in [0.5, 0.6) is 0 Å². The average molecular weight is 411 g/mol. The lowest BCUT2D eigenvalue weighted by atomic mass is 10.1. The summed E-state index contributed by atoms with van der Waals surface area (Å²) in [4.78, 5) is 35.8. The SMILES string of the molecule is CNC(=O)NC(=O)[C@H](C)OC(=O)[C@@H]1CCCCN1S(=O)(=O)c1ccc(C)cc1.